The standard InChI is InChI=1S/C12H11Cl3N2OS/c1-16-2-3-17-12(18)11-10(15)9-7(14)4-6(13)5-8(9)19-11/h4-5,16H,2-3H2,1H3,(H,17,18). The van der Waals surface area contributed by atoms with Gasteiger partial charge < -0.3 is 10.6 Å². The lowest BCUT2D eigenvalue weighted by Gasteiger charge is -2.02. The quantitative estimate of drug-likeness (QED) is 0.833. The number of rotatable bonds is 4. The molecular weight excluding hydrogens is 327 g/mol. The van der Waals surface area contributed by atoms with Crippen molar-refractivity contribution in [2.75, 3.05) is 20.1 Å². The van der Waals surface area contributed by atoms with Gasteiger partial charge in [0.1, 0.15) is 4.88 Å². The number of amides is 1. The minimum atomic E-state index is -0.200. The van der Waals surface area contributed by atoms with Crippen LogP contribution in [0.15, 0.2) is 12.1 Å². The number of thiophene rings is 1. The summed E-state index contributed by atoms with van der Waals surface area (Å²) < 4.78 is 0.807. The number of fused-ring (bicyclic) bond motifs is 1. The average molecular weight is 338 g/mol. The Labute approximate surface area is 129 Å². The first-order valence-electron chi connectivity index (χ1n) is 5.54. The van der Waals surface area contributed by atoms with Gasteiger partial charge in [0.25, 0.3) is 5.91 Å². The van der Waals surface area contributed by atoms with Crippen molar-refractivity contribution in [2.24, 2.45) is 0 Å². The van der Waals surface area contributed by atoms with E-state index in [0.717, 1.165) is 4.70 Å². The zero-order valence-electron chi connectivity index (χ0n) is 10.0. The van der Waals surface area contributed by atoms with Crippen LogP contribution in [0.5, 0.6) is 0 Å². The summed E-state index contributed by atoms with van der Waals surface area (Å²) in [6.07, 6.45) is 0. The van der Waals surface area contributed by atoms with Crippen molar-refractivity contribution in [1.82, 2.24) is 10.6 Å². The van der Waals surface area contributed by atoms with E-state index in [1.54, 1.807) is 12.1 Å². The van der Waals surface area contributed by atoms with Crippen molar-refractivity contribution < 1.29 is 4.79 Å². The summed E-state index contributed by atoms with van der Waals surface area (Å²) in [5.74, 6) is -0.200. The van der Waals surface area contributed by atoms with E-state index in [2.05, 4.69) is 10.6 Å². The Morgan fingerprint density at radius 2 is 2.00 bits per heavy atom. The Hall–Kier alpha value is -0.520. The molecule has 0 spiro atoms. The molecule has 0 bridgehead atoms. The summed E-state index contributed by atoms with van der Waals surface area (Å²) in [6, 6.07) is 3.37. The highest BCUT2D eigenvalue weighted by Crippen LogP contribution is 2.41. The van der Waals surface area contributed by atoms with Crippen LogP contribution >= 0.6 is 46.1 Å². The Morgan fingerprint density at radius 1 is 1.26 bits per heavy atom. The highest BCUT2D eigenvalue weighted by molar-refractivity contribution is 7.21. The summed E-state index contributed by atoms with van der Waals surface area (Å²) in [5.41, 5.74) is 0. The van der Waals surface area contributed by atoms with Gasteiger partial charge in [0, 0.05) is 28.2 Å². The second-order valence-corrected chi connectivity index (χ2v) is 6.14. The molecule has 2 aromatic rings. The fourth-order valence-corrected chi connectivity index (χ4v) is 3.93. The molecule has 0 fully saturated rings. The lowest BCUT2D eigenvalue weighted by molar-refractivity contribution is 0.0958. The van der Waals surface area contributed by atoms with Crippen molar-refractivity contribution in [3.05, 3.63) is 32.1 Å². The third-order valence-corrected chi connectivity index (χ3v) is 4.66. The molecule has 1 heterocycles. The van der Waals surface area contributed by atoms with E-state index in [0.29, 0.717) is 38.4 Å². The second-order valence-electron chi connectivity index (χ2n) is 3.87. The molecular formula is C12H11Cl3N2OS. The molecule has 0 radical (unpaired) electrons. The summed E-state index contributed by atoms with van der Waals surface area (Å²) in [5, 5.41) is 7.77. The smallest absolute Gasteiger partial charge is 0.262 e. The maximum atomic E-state index is 12.0. The summed E-state index contributed by atoms with van der Waals surface area (Å²) in [6.45, 7) is 1.23. The van der Waals surface area contributed by atoms with Crippen molar-refractivity contribution >= 4 is 62.1 Å². The lowest BCUT2D eigenvalue weighted by atomic mass is 10.2. The molecule has 2 rings (SSSR count). The van der Waals surface area contributed by atoms with Gasteiger partial charge in [0.05, 0.1) is 10.0 Å². The maximum absolute atomic E-state index is 12.0. The van der Waals surface area contributed by atoms with Gasteiger partial charge in [-0.25, -0.2) is 0 Å². The molecule has 0 unspecified atom stereocenters. The fourth-order valence-electron chi connectivity index (χ4n) is 1.64. The van der Waals surface area contributed by atoms with E-state index in [-0.39, 0.29) is 5.91 Å². The SMILES string of the molecule is CNCCNC(=O)c1sc2cc(Cl)cc(Cl)c2c1Cl. The monoisotopic (exact) mass is 336 g/mol. The predicted octanol–water partition coefficient (Wildman–Crippen LogP) is 3.81. The van der Waals surface area contributed by atoms with E-state index in [1.807, 2.05) is 7.05 Å². The minimum Gasteiger partial charge on any atom is -0.350 e. The zero-order chi connectivity index (χ0) is 14.0. The number of hydrogen-bond acceptors (Lipinski definition) is 3. The molecule has 0 aliphatic heterocycles. The number of nitrogens with one attached hydrogen (secondary N) is 2. The van der Waals surface area contributed by atoms with Crippen molar-refractivity contribution in [3.63, 3.8) is 0 Å². The van der Waals surface area contributed by atoms with Gasteiger partial charge in [-0.2, -0.15) is 0 Å². The molecule has 0 saturated carbocycles. The Morgan fingerprint density at radius 3 is 2.68 bits per heavy atom. The number of carbonyl (C=O) groups is 1. The van der Waals surface area contributed by atoms with Crippen molar-refractivity contribution in [1.29, 1.82) is 0 Å². The molecule has 2 N–H and O–H groups in total. The molecule has 1 amide bonds. The maximum Gasteiger partial charge on any atom is 0.262 e. The van der Waals surface area contributed by atoms with Gasteiger partial charge in [-0.3, -0.25) is 4.79 Å². The van der Waals surface area contributed by atoms with Gasteiger partial charge in [-0.05, 0) is 19.2 Å². The Balaban J connectivity index is 2.37. The number of likely N-dealkylation sites (N-methyl/N-ethyl adjacent to an activating group) is 1. The van der Waals surface area contributed by atoms with Gasteiger partial charge >= 0.3 is 0 Å². The first kappa shape index (κ1) is 14.9. The van der Waals surface area contributed by atoms with Crippen LogP contribution in [-0.4, -0.2) is 26.0 Å². The van der Waals surface area contributed by atoms with Crippen molar-refractivity contribution in [3.8, 4) is 0 Å². The van der Waals surface area contributed by atoms with Crippen LogP contribution in [0.25, 0.3) is 10.1 Å². The fraction of sp³-hybridized carbons (Fsp3) is 0.250. The van der Waals surface area contributed by atoms with E-state index in [4.69, 9.17) is 34.8 Å². The lowest BCUT2D eigenvalue weighted by Crippen LogP contribution is -2.30. The van der Waals surface area contributed by atoms with Crippen LogP contribution < -0.4 is 10.6 Å². The van der Waals surface area contributed by atoms with Crippen molar-refractivity contribution in [2.45, 2.75) is 0 Å². The molecule has 1 aromatic carbocycles. The molecule has 0 aliphatic carbocycles. The van der Waals surface area contributed by atoms with E-state index in [9.17, 15) is 4.79 Å². The topological polar surface area (TPSA) is 41.1 Å². The van der Waals surface area contributed by atoms with Gasteiger partial charge in [0.2, 0.25) is 0 Å². The van der Waals surface area contributed by atoms with Gasteiger partial charge in [-0.15, -0.1) is 11.3 Å². The zero-order valence-corrected chi connectivity index (χ0v) is 13.1. The number of halogens is 3. The minimum absolute atomic E-state index is 0.200. The first-order chi connectivity index (χ1) is 9.04. The van der Waals surface area contributed by atoms with Crippen LogP contribution in [0, 0.1) is 0 Å². The van der Waals surface area contributed by atoms with E-state index >= 15 is 0 Å². The number of hydrogen-bond donors (Lipinski definition) is 2. The third kappa shape index (κ3) is 3.15. The largest absolute Gasteiger partial charge is 0.350 e. The third-order valence-electron chi connectivity index (χ3n) is 2.52. The van der Waals surface area contributed by atoms with E-state index < -0.39 is 0 Å². The Bertz CT molecular complexity index is 627. The molecule has 3 nitrogen and oxygen atoms in total. The van der Waals surface area contributed by atoms with Crippen LogP contribution in [0.1, 0.15) is 9.67 Å². The predicted molar refractivity (Wildman–Crippen MR) is 83.1 cm³/mol. The van der Waals surface area contributed by atoms with Crippen LogP contribution in [-0.2, 0) is 0 Å². The molecule has 0 atom stereocenters. The summed E-state index contributed by atoms with van der Waals surface area (Å²) in [4.78, 5) is 12.5. The van der Waals surface area contributed by atoms with Gasteiger partial charge in [0.15, 0.2) is 0 Å². The highest BCUT2D eigenvalue weighted by Gasteiger charge is 2.19. The van der Waals surface area contributed by atoms with E-state index in [1.165, 1.54) is 11.3 Å². The highest BCUT2D eigenvalue weighted by atomic mass is 35.5. The molecule has 19 heavy (non-hydrogen) atoms. The summed E-state index contributed by atoms with van der Waals surface area (Å²) >= 11 is 19.6. The summed E-state index contributed by atoms with van der Waals surface area (Å²) in [7, 11) is 1.82. The molecule has 102 valence electrons. The normalized spacial score (nSPS) is 10.9. The molecule has 7 heteroatoms. The molecule has 0 aliphatic rings. The second kappa shape index (κ2) is 6.29. The van der Waals surface area contributed by atoms with Crippen LogP contribution in [0.4, 0.5) is 0 Å². The number of benzene rings is 1. The Kier molecular flexibility index (Phi) is 4.92. The van der Waals surface area contributed by atoms with Crippen LogP contribution in [0.3, 0.4) is 0 Å². The first-order valence-corrected chi connectivity index (χ1v) is 7.49. The molecule has 0 saturated heterocycles. The van der Waals surface area contributed by atoms with Gasteiger partial charge in [-0.1, -0.05) is 34.8 Å². The van der Waals surface area contributed by atoms with Crippen LogP contribution in [0.2, 0.25) is 15.1 Å². The average Bonchev–Trinajstić information content (AvgIpc) is 2.66. The number of carbonyl (C=O) groups excluding carboxylic acids is 1. The molecule has 1 aromatic heterocycles.